The second-order valence-electron chi connectivity index (χ2n) is 9.86. The molecule has 4 aliphatic carbocycles. The van der Waals surface area contributed by atoms with E-state index >= 15 is 0 Å². The molecular weight excluding hydrogens is 352 g/mol. The molecule has 7 atom stereocenters. The summed E-state index contributed by atoms with van der Waals surface area (Å²) in [6, 6.07) is 0. The second kappa shape index (κ2) is 6.84. The van der Waals surface area contributed by atoms with Gasteiger partial charge in [0, 0.05) is 11.8 Å². The highest BCUT2D eigenvalue weighted by atomic mass is 16.5. The summed E-state index contributed by atoms with van der Waals surface area (Å²) in [5.74, 6) is 0.956. The van der Waals surface area contributed by atoms with E-state index < -0.39 is 12.2 Å². The van der Waals surface area contributed by atoms with E-state index in [1.807, 2.05) is 6.92 Å². The van der Waals surface area contributed by atoms with Gasteiger partial charge in [-0.25, -0.2) is 0 Å². The number of ketones is 1. The van der Waals surface area contributed by atoms with Crippen molar-refractivity contribution in [3.05, 3.63) is 35.6 Å². The topological polar surface area (TPSA) is 66.8 Å². The summed E-state index contributed by atoms with van der Waals surface area (Å²) in [4.78, 5) is 11.9. The summed E-state index contributed by atoms with van der Waals surface area (Å²) < 4.78 is 5.54. The molecule has 0 saturated heterocycles. The Labute approximate surface area is 168 Å². The Kier molecular flexibility index (Phi) is 4.86. The SMILES string of the molecule is C=CO[C@@H](C)C(O)[C@@]1(C)CCC2C3C[C@H](O)C4=CC(=O)CCC4=C3CC[C@@]21C. The van der Waals surface area contributed by atoms with Crippen molar-refractivity contribution in [3.63, 3.8) is 0 Å². The van der Waals surface area contributed by atoms with E-state index in [0.29, 0.717) is 24.7 Å². The van der Waals surface area contributed by atoms with Crippen LogP contribution in [0.5, 0.6) is 0 Å². The smallest absolute Gasteiger partial charge is 0.156 e. The fourth-order valence-corrected chi connectivity index (χ4v) is 7.07. The number of aliphatic hydroxyl groups is 2. The molecule has 2 N–H and O–H groups in total. The zero-order valence-electron chi connectivity index (χ0n) is 17.4. The Balaban J connectivity index is 1.69. The quantitative estimate of drug-likeness (QED) is 0.715. The molecule has 2 fully saturated rings. The van der Waals surface area contributed by atoms with Crippen LogP contribution in [0.15, 0.2) is 35.6 Å². The molecule has 4 nitrogen and oxygen atoms in total. The first-order chi connectivity index (χ1) is 13.2. The lowest BCUT2D eigenvalue weighted by molar-refractivity contribution is -0.120. The third kappa shape index (κ3) is 2.68. The van der Waals surface area contributed by atoms with Gasteiger partial charge in [0.05, 0.1) is 18.5 Å². The molecule has 0 aromatic heterocycles. The number of fused-ring (bicyclic) bond motifs is 4. The standard InChI is InChI=1S/C24H34O4/c1-5-28-14(2)22(27)24(4)11-9-20-18-13-21(26)19-12-15(25)6-7-16(19)17(18)8-10-23(20,24)3/h5,12,14,18,20-22,26-27H,1,6-11,13H2,2-4H3/t14-,18?,20?,21-,22?,23-,24+/m0/s1. The van der Waals surface area contributed by atoms with Crippen molar-refractivity contribution >= 4 is 5.78 Å². The molecule has 3 unspecified atom stereocenters. The van der Waals surface area contributed by atoms with E-state index in [-0.39, 0.29) is 22.7 Å². The van der Waals surface area contributed by atoms with Crippen LogP contribution in [-0.2, 0) is 9.53 Å². The van der Waals surface area contributed by atoms with Crippen LogP contribution >= 0.6 is 0 Å². The number of carbonyl (C=O) groups excluding carboxylic acids is 1. The highest BCUT2D eigenvalue weighted by molar-refractivity contribution is 5.93. The maximum Gasteiger partial charge on any atom is 0.156 e. The summed E-state index contributed by atoms with van der Waals surface area (Å²) in [5, 5.41) is 22.0. The Hall–Kier alpha value is -1.39. The van der Waals surface area contributed by atoms with Crippen LogP contribution in [0, 0.1) is 22.7 Å². The van der Waals surface area contributed by atoms with Gasteiger partial charge in [-0.05, 0) is 79.9 Å². The summed E-state index contributed by atoms with van der Waals surface area (Å²) in [7, 11) is 0. The summed E-state index contributed by atoms with van der Waals surface area (Å²) in [6.45, 7) is 10.1. The minimum atomic E-state index is -0.550. The Morgan fingerprint density at radius 3 is 2.75 bits per heavy atom. The lowest BCUT2D eigenvalue weighted by atomic mass is 9.51. The number of ether oxygens (including phenoxy) is 1. The molecule has 2 saturated carbocycles. The first kappa shape index (κ1) is 19.9. The van der Waals surface area contributed by atoms with Crippen LogP contribution in [0.1, 0.15) is 65.7 Å². The molecule has 4 aliphatic rings. The molecule has 28 heavy (non-hydrogen) atoms. The molecule has 154 valence electrons. The van der Waals surface area contributed by atoms with Gasteiger partial charge < -0.3 is 14.9 Å². The molecular formula is C24H34O4. The van der Waals surface area contributed by atoms with E-state index in [9.17, 15) is 15.0 Å². The molecule has 4 rings (SSSR count). The third-order valence-corrected chi connectivity index (χ3v) is 8.86. The maximum atomic E-state index is 11.9. The summed E-state index contributed by atoms with van der Waals surface area (Å²) in [5.41, 5.74) is 3.43. The molecule has 0 amide bonds. The lowest BCUT2D eigenvalue weighted by Gasteiger charge is -2.55. The van der Waals surface area contributed by atoms with Gasteiger partial charge in [0.2, 0.25) is 0 Å². The van der Waals surface area contributed by atoms with Gasteiger partial charge in [-0.2, -0.15) is 0 Å². The van der Waals surface area contributed by atoms with Gasteiger partial charge in [-0.3, -0.25) is 4.79 Å². The highest BCUT2D eigenvalue weighted by Crippen LogP contribution is 2.68. The minimum absolute atomic E-state index is 0.00531. The number of rotatable bonds is 4. The van der Waals surface area contributed by atoms with Crippen LogP contribution in [0.25, 0.3) is 0 Å². The summed E-state index contributed by atoms with van der Waals surface area (Å²) in [6.07, 6.45) is 7.88. The van der Waals surface area contributed by atoms with Crippen LogP contribution in [0.3, 0.4) is 0 Å². The Morgan fingerprint density at radius 1 is 1.29 bits per heavy atom. The number of hydrogen-bond donors (Lipinski definition) is 2. The first-order valence-electron chi connectivity index (χ1n) is 10.8. The van der Waals surface area contributed by atoms with E-state index in [2.05, 4.69) is 20.4 Å². The van der Waals surface area contributed by atoms with Gasteiger partial charge in [0.1, 0.15) is 6.10 Å². The van der Waals surface area contributed by atoms with Crippen LogP contribution < -0.4 is 0 Å². The number of allylic oxidation sites excluding steroid dienone is 2. The monoisotopic (exact) mass is 386 g/mol. The van der Waals surface area contributed by atoms with Gasteiger partial charge in [-0.15, -0.1) is 0 Å². The second-order valence-corrected chi connectivity index (χ2v) is 9.86. The van der Waals surface area contributed by atoms with Gasteiger partial charge in [0.15, 0.2) is 5.78 Å². The average molecular weight is 387 g/mol. The summed E-state index contributed by atoms with van der Waals surface area (Å²) >= 11 is 0. The third-order valence-electron chi connectivity index (χ3n) is 8.86. The molecule has 0 bridgehead atoms. The average Bonchev–Trinajstić information content (AvgIpc) is 2.94. The molecule has 0 aromatic carbocycles. The van der Waals surface area contributed by atoms with E-state index in [1.54, 1.807) is 6.08 Å². The molecule has 0 spiro atoms. The van der Waals surface area contributed by atoms with Crippen LogP contribution in [0.2, 0.25) is 0 Å². The number of aliphatic hydroxyl groups excluding tert-OH is 2. The first-order valence-corrected chi connectivity index (χ1v) is 10.8. The predicted molar refractivity (Wildman–Crippen MR) is 108 cm³/mol. The van der Waals surface area contributed by atoms with Crippen LogP contribution in [-0.4, -0.2) is 34.3 Å². The van der Waals surface area contributed by atoms with Crippen molar-refractivity contribution in [1.29, 1.82) is 0 Å². The predicted octanol–water partition coefficient (Wildman–Crippen LogP) is 4.08. The Bertz CT molecular complexity index is 750. The van der Waals surface area contributed by atoms with Crippen molar-refractivity contribution in [3.8, 4) is 0 Å². The van der Waals surface area contributed by atoms with Gasteiger partial charge >= 0.3 is 0 Å². The normalized spacial score (nSPS) is 42.1. The molecule has 4 heteroatoms. The molecule has 0 aliphatic heterocycles. The maximum absolute atomic E-state index is 11.9. The van der Waals surface area contributed by atoms with Crippen molar-refractivity contribution in [2.24, 2.45) is 22.7 Å². The zero-order valence-corrected chi connectivity index (χ0v) is 17.4. The largest absolute Gasteiger partial charge is 0.496 e. The van der Waals surface area contributed by atoms with Crippen molar-refractivity contribution in [1.82, 2.24) is 0 Å². The molecule has 0 aromatic rings. The fourth-order valence-electron chi connectivity index (χ4n) is 7.07. The zero-order chi connectivity index (χ0) is 20.3. The molecule has 0 radical (unpaired) electrons. The van der Waals surface area contributed by atoms with Crippen LogP contribution in [0.4, 0.5) is 0 Å². The number of hydrogen-bond acceptors (Lipinski definition) is 4. The van der Waals surface area contributed by atoms with Crippen molar-refractivity contribution < 1.29 is 19.7 Å². The van der Waals surface area contributed by atoms with Crippen molar-refractivity contribution in [2.45, 2.75) is 84.0 Å². The highest BCUT2D eigenvalue weighted by Gasteiger charge is 2.62. The van der Waals surface area contributed by atoms with E-state index in [1.165, 1.54) is 17.4 Å². The lowest BCUT2D eigenvalue weighted by Crippen LogP contribution is -2.53. The van der Waals surface area contributed by atoms with Gasteiger partial charge in [-0.1, -0.05) is 26.0 Å². The fraction of sp³-hybridized carbons (Fsp3) is 0.708. The minimum Gasteiger partial charge on any atom is -0.496 e. The number of carbonyl (C=O) groups is 1. The van der Waals surface area contributed by atoms with E-state index in [4.69, 9.17) is 4.74 Å². The Morgan fingerprint density at radius 2 is 2.04 bits per heavy atom. The van der Waals surface area contributed by atoms with E-state index in [0.717, 1.165) is 37.7 Å². The molecule has 0 heterocycles. The van der Waals surface area contributed by atoms with Gasteiger partial charge in [0.25, 0.3) is 0 Å². The van der Waals surface area contributed by atoms with Crippen molar-refractivity contribution in [2.75, 3.05) is 0 Å².